The molecule has 0 unspecified atom stereocenters. The first-order valence-electron chi connectivity index (χ1n) is 5.59. The molecule has 94 valence electrons. The maximum atomic E-state index is 11.4. The van der Waals surface area contributed by atoms with E-state index < -0.39 is 5.24 Å². The van der Waals surface area contributed by atoms with Crippen LogP contribution in [0.3, 0.4) is 0 Å². The minimum atomic E-state index is -0.516. The Hall–Kier alpha value is -1.81. The molecule has 0 N–H and O–H groups in total. The van der Waals surface area contributed by atoms with Crippen LogP contribution in [0.5, 0.6) is 5.75 Å². The second-order valence-corrected chi connectivity index (χ2v) is 4.10. The van der Waals surface area contributed by atoms with Crippen LogP contribution in [0.25, 0.3) is 5.69 Å². The van der Waals surface area contributed by atoms with Crippen LogP contribution in [0.4, 0.5) is 0 Å². The van der Waals surface area contributed by atoms with E-state index in [0.29, 0.717) is 5.69 Å². The molecule has 2 rings (SSSR count). The Kier molecular flexibility index (Phi) is 3.67. The van der Waals surface area contributed by atoms with Gasteiger partial charge in [0.1, 0.15) is 11.4 Å². The molecule has 2 aromatic rings. The average Bonchev–Trinajstić information content (AvgIpc) is 2.83. The second-order valence-electron chi connectivity index (χ2n) is 3.76. The van der Waals surface area contributed by atoms with Crippen LogP contribution in [-0.2, 0) is 6.42 Å². The summed E-state index contributed by atoms with van der Waals surface area (Å²) in [5.74, 6) is 0.750. The van der Waals surface area contributed by atoms with Crippen LogP contribution >= 0.6 is 11.6 Å². The number of ether oxygens (including phenoxy) is 1. The van der Waals surface area contributed by atoms with Crippen molar-refractivity contribution in [2.75, 3.05) is 7.11 Å². The summed E-state index contributed by atoms with van der Waals surface area (Å²) in [6, 6.07) is 8.99. The van der Waals surface area contributed by atoms with Gasteiger partial charge >= 0.3 is 0 Å². The van der Waals surface area contributed by atoms with Crippen LogP contribution in [-0.4, -0.2) is 22.1 Å². The summed E-state index contributed by atoms with van der Waals surface area (Å²) in [5.41, 5.74) is 1.98. The van der Waals surface area contributed by atoms with E-state index in [1.165, 1.54) is 0 Å². The van der Waals surface area contributed by atoms with Gasteiger partial charge in [0.2, 0.25) is 0 Å². The number of carbonyl (C=O) groups is 1. The van der Waals surface area contributed by atoms with Crippen molar-refractivity contribution >= 4 is 16.8 Å². The van der Waals surface area contributed by atoms with Gasteiger partial charge in [-0.1, -0.05) is 6.92 Å². The largest absolute Gasteiger partial charge is 0.497 e. The summed E-state index contributed by atoms with van der Waals surface area (Å²) in [5, 5.41) is 3.83. The molecule has 0 atom stereocenters. The first kappa shape index (κ1) is 12.6. The predicted octanol–water partition coefficient (Wildman–Crippen LogP) is 2.82. The van der Waals surface area contributed by atoms with Gasteiger partial charge in [0, 0.05) is 0 Å². The SMILES string of the molecule is CCc1cc(C(=O)Cl)n(-c2ccc(OC)cc2)n1. The molecule has 18 heavy (non-hydrogen) atoms. The lowest BCUT2D eigenvalue weighted by Gasteiger charge is -2.05. The molecule has 0 bridgehead atoms. The fourth-order valence-electron chi connectivity index (χ4n) is 1.66. The van der Waals surface area contributed by atoms with Gasteiger partial charge in [0.25, 0.3) is 5.24 Å². The minimum Gasteiger partial charge on any atom is -0.497 e. The van der Waals surface area contributed by atoms with E-state index >= 15 is 0 Å². The number of benzene rings is 1. The number of aromatic nitrogens is 2. The Morgan fingerprint density at radius 2 is 2.06 bits per heavy atom. The number of nitrogens with zero attached hydrogens (tertiary/aromatic N) is 2. The zero-order chi connectivity index (χ0) is 13.1. The maximum absolute atomic E-state index is 11.4. The lowest BCUT2D eigenvalue weighted by molar-refractivity contribution is 0.107. The molecule has 1 aromatic carbocycles. The molecule has 0 amide bonds. The predicted molar refractivity (Wildman–Crippen MR) is 69.7 cm³/mol. The highest BCUT2D eigenvalue weighted by Gasteiger charge is 2.14. The Morgan fingerprint density at radius 3 is 2.56 bits per heavy atom. The molecule has 0 aliphatic heterocycles. The molecule has 5 heteroatoms. The summed E-state index contributed by atoms with van der Waals surface area (Å²) in [7, 11) is 1.60. The second kappa shape index (κ2) is 5.23. The number of halogens is 1. The third-order valence-electron chi connectivity index (χ3n) is 2.64. The van der Waals surface area contributed by atoms with E-state index in [9.17, 15) is 4.79 Å². The molecule has 4 nitrogen and oxygen atoms in total. The van der Waals surface area contributed by atoms with Crippen molar-refractivity contribution in [1.82, 2.24) is 9.78 Å². The number of methoxy groups -OCH3 is 1. The zero-order valence-electron chi connectivity index (χ0n) is 10.2. The molecule has 0 saturated carbocycles. The highest BCUT2D eigenvalue weighted by Crippen LogP contribution is 2.18. The van der Waals surface area contributed by atoms with Crippen molar-refractivity contribution in [2.24, 2.45) is 0 Å². The highest BCUT2D eigenvalue weighted by atomic mass is 35.5. The third kappa shape index (κ3) is 2.38. The van der Waals surface area contributed by atoms with Crippen molar-refractivity contribution in [3.8, 4) is 11.4 Å². The van der Waals surface area contributed by atoms with Crippen LogP contribution in [0.15, 0.2) is 30.3 Å². The zero-order valence-corrected chi connectivity index (χ0v) is 10.9. The molecule has 1 heterocycles. The number of hydrogen-bond donors (Lipinski definition) is 0. The normalized spacial score (nSPS) is 10.4. The molecule has 0 saturated heterocycles. The Bertz CT molecular complexity index is 561. The van der Waals surface area contributed by atoms with Crippen LogP contribution in [0.2, 0.25) is 0 Å². The van der Waals surface area contributed by atoms with Gasteiger partial charge in [0.15, 0.2) is 0 Å². The lowest BCUT2D eigenvalue weighted by atomic mass is 10.3. The van der Waals surface area contributed by atoms with Crippen molar-refractivity contribution in [2.45, 2.75) is 13.3 Å². The summed E-state index contributed by atoms with van der Waals surface area (Å²) in [6.07, 6.45) is 0.750. The van der Waals surface area contributed by atoms with Crippen molar-refractivity contribution < 1.29 is 9.53 Å². The number of hydrogen-bond acceptors (Lipinski definition) is 3. The van der Waals surface area contributed by atoms with Crippen LogP contribution < -0.4 is 4.74 Å². The van der Waals surface area contributed by atoms with Gasteiger partial charge in [-0.3, -0.25) is 4.79 Å². The Balaban J connectivity index is 2.47. The molecule has 0 spiro atoms. The Labute approximate surface area is 110 Å². The van der Waals surface area contributed by atoms with Gasteiger partial charge in [-0.2, -0.15) is 5.10 Å². The minimum absolute atomic E-state index is 0.374. The average molecular weight is 265 g/mol. The van der Waals surface area contributed by atoms with Gasteiger partial charge in [-0.05, 0) is 48.4 Å². The fraction of sp³-hybridized carbons (Fsp3) is 0.231. The van der Waals surface area contributed by atoms with Gasteiger partial charge in [0.05, 0.1) is 18.5 Å². The van der Waals surface area contributed by atoms with Crippen LogP contribution in [0, 0.1) is 0 Å². The summed E-state index contributed by atoms with van der Waals surface area (Å²) >= 11 is 5.56. The van der Waals surface area contributed by atoms with Crippen LogP contribution in [0.1, 0.15) is 23.1 Å². The summed E-state index contributed by atoms with van der Waals surface area (Å²) in [4.78, 5) is 11.4. The van der Waals surface area contributed by atoms with E-state index in [2.05, 4.69) is 5.10 Å². The molecular formula is C13H13ClN2O2. The van der Waals surface area contributed by atoms with Crippen molar-refractivity contribution in [1.29, 1.82) is 0 Å². The molecule has 0 radical (unpaired) electrons. The van der Waals surface area contributed by atoms with Gasteiger partial charge in [-0.25, -0.2) is 4.68 Å². The molecule has 0 aliphatic rings. The highest BCUT2D eigenvalue weighted by molar-refractivity contribution is 6.67. The van der Waals surface area contributed by atoms with E-state index in [4.69, 9.17) is 16.3 Å². The monoisotopic (exact) mass is 264 g/mol. The first-order valence-corrected chi connectivity index (χ1v) is 5.96. The number of rotatable bonds is 4. The van der Waals surface area contributed by atoms with E-state index in [1.807, 2.05) is 31.2 Å². The number of aryl methyl sites for hydroxylation is 1. The van der Waals surface area contributed by atoms with Gasteiger partial charge < -0.3 is 4.74 Å². The Morgan fingerprint density at radius 1 is 1.39 bits per heavy atom. The fourth-order valence-corrected chi connectivity index (χ4v) is 1.80. The van der Waals surface area contributed by atoms with E-state index in [1.54, 1.807) is 17.9 Å². The topological polar surface area (TPSA) is 44.1 Å². The maximum Gasteiger partial charge on any atom is 0.270 e. The number of carbonyl (C=O) groups excluding carboxylic acids is 1. The molecule has 0 aliphatic carbocycles. The summed E-state index contributed by atoms with van der Waals surface area (Å²) < 4.78 is 6.64. The van der Waals surface area contributed by atoms with Gasteiger partial charge in [-0.15, -0.1) is 0 Å². The third-order valence-corrected chi connectivity index (χ3v) is 2.83. The quantitative estimate of drug-likeness (QED) is 0.798. The summed E-state index contributed by atoms with van der Waals surface area (Å²) in [6.45, 7) is 1.98. The van der Waals surface area contributed by atoms with E-state index in [-0.39, 0.29) is 0 Å². The van der Waals surface area contributed by atoms with E-state index in [0.717, 1.165) is 23.6 Å². The molecule has 0 fully saturated rings. The van der Waals surface area contributed by atoms with Crippen molar-refractivity contribution in [3.63, 3.8) is 0 Å². The standard InChI is InChI=1S/C13H13ClN2O2/c1-3-9-8-12(13(14)17)16(15-9)10-4-6-11(18-2)7-5-10/h4-8H,3H2,1-2H3. The first-order chi connectivity index (χ1) is 8.65. The lowest BCUT2D eigenvalue weighted by Crippen LogP contribution is -2.04. The van der Waals surface area contributed by atoms with Crippen molar-refractivity contribution in [3.05, 3.63) is 41.7 Å². The molecule has 1 aromatic heterocycles. The molecular weight excluding hydrogens is 252 g/mol. The smallest absolute Gasteiger partial charge is 0.270 e.